The van der Waals surface area contributed by atoms with Gasteiger partial charge in [-0.15, -0.1) is 0 Å². The Kier molecular flexibility index (Phi) is 3.39. The number of halogens is 2. The smallest absolute Gasteiger partial charge is 0.271 e. The normalized spacial score (nSPS) is 31.7. The zero-order valence-corrected chi connectivity index (χ0v) is 13.6. The van der Waals surface area contributed by atoms with Crippen molar-refractivity contribution in [2.75, 3.05) is 0 Å². The van der Waals surface area contributed by atoms with Crippen LogP contribution in [-0.2, 0) is 9.59 Å². The van der Waals surface area contributed by atoms with Gasteiger partial charge in [0.2, 0.25) is 0 Å². The lowest BCUT2D eigenvalue weighted by Gasteiger charge is -2.19. The first kappa shape index (κ1) is 15.0. The summed E-state index contributed by atoms with van der Waals surface area (Å²) in [5.41, 5.74) is 2.60. The van der Waals surface area contributed by atoms with Crippen LogP contribution in [0.2, 0.25) is 10.0 Å². The Morgan fingerprint density at radius 3 is 2.26 bits per heavy atom. The molecule has 1 heterocycles. The van der Waals surface area contributed by atoms with E-state index in [0.717, 1.165) is 24.3 Å². The first-order valence-corrected chi connectivity index (χ1v) is 8.37. The molecule has 0 aromatic heterocycles. The van der Waals surface area contributed by atoms with Gasteiger partial charge in [0.15, 0.2) is 0 Å². The summed E-state index contributed by atoms with van der Waals surface area (Å²) < 4.78 is 0. The summed E-state index contributed by atoms with van der Waals surface area (Å²) in [6.45, 7) is 0. The number of fused-ring (bicyclic) bond motifs is 5. The second kappa shape index (κ2) is 5.21. The van der Waals surface area contributed by atoms with Gasteiger partial charge in [-0.3, -0.25) is 19.8 Å². The summed E-state index contributed by atoms with van der Waals surface area (Å²) in [7, 11) is 0. The average molecular weight is 353 g/mol. The molecule has 120 valence electrons. The minimum absolute atomic E-state index is 0.175. The summed E-state index contributed by atoms with van der Waals surface area (Å²) in [6, 6.07) is 4.45. The minimum Gasteiger partial charge on any atom is -0.272 e. The maximum atomic E-state index is 12.5. The molecule has 2 saturated carbocycles. The molecule has 3 amide bonds. The highest BCUT2D eigenvalue weighted by Crippen LogP contribution is 2.55. The molecular weight excluding hydrogens is 339 g/mol. The first-order chi connectivity index (χ1) is 11.0. The molecule has 1 N–H and O–H groups in total. The van der Waals surface area contributed by atoms with Gasteiger partial charge < -0.3 is 0 Å². The van der Waals surface area contributed by atoms with Crippen LogP contribution in [0.3, 0.4) is 0 Å². The van der Waals surface area contributed by atoms with Crippen LogP contribution in [0.25, 0.3) is 0 Å². The largest absolute Gasteiger partial charge is 0.272 e. The number of nitrogens with zero attached hydrogens (tertiary/aromatic N) is 1. The first-order valence-electron chi connectivity index (χ1n) is 7.61. The molecule has 1 saturated heterocycles. The lowest BCUT2D eigenvalue weighted by atomic mass is 9.81. The molecule has 1 aliphatic heterocycles. The number of hydrogen-bond donors (Lipinski definition) is 1. The maximum Gasteiger partial charge on any atom is 0.271 e. The molecule has 3 fully saturated rings. The van der Waals surface area contributed by atoms with Crippen molar-refractivity contribution in [3.8, 4) is 0 Å². The molecule has 7 heteroatoms. The van der Waals surface area contributed by atoms with Crippen LogP contribution in [0.1, 0.15) is 29.6 Å². The van der Waals surface area contributed by atoms with Crippen molar-refractivity contribution in [2.24, 2.45) is 23.7 Å². The number of amides is 3. The maximum absolute atomic E-state index is 12.5. The Morgan fingerprint density at radius 2 is 1.70 bits per heavy atom. The third kappa shape index (κ3) is 2.17. The number of imide groups is 1. The van der Waals surface area contributed by atoms with Crippen molar-refractivity contribution in [3.05, 3.63) is 33.8 Å². The van der Waals surface area contributed by atoms with Crippen molar-refractivity contribution >= 4 is 40.9 Å². The van der Waals surface area contributed by atoms with E-state index in [0.29, 0.717) is 5.02 Å². The highest BCUT2D eigenvalue weighted by Gasteiger charge is 2.61. The number of hydrogen-bond acceptors (Lipinski definition) is 3. The van der Waals surface area contributed by atoms with E-state index >= 15 is 0 Å². The Balaban J connectivity index is 1.56. The van der Waals surface area contributed by atoms with Crippen molar-refractivity contribution < 1.29 is 14.4 Å². The van der Waals surface area contributed by atoms with Crippen LogP contribution >= 0.6 is 23.2 Å². The fourth-order valence-electron chi connectivity index (χ4n) is 4.35. The molecule has 2 bridgehead atoms. The van der Waals surface area contributed by atoms with E-state index in [1.165, 1.54) is 18.2 Å². The summed E-state index contributed by atoms with van der Waals surface area (Å²) in [4.78, 5) is 37.4. The number of carbonyl (C=O) groups excluding carboxylic acids is 3. The zero-order valence-electron chi connectivity index (χ0n) is 12.1. The van der Waals surface area contributed by atoms with Gasteiger partial charge in [-0.2, -0.15) is 5.01 Å². The number of carbonyl (C=O) groups is 3. The highest BCUT2D eigenvalue weighted by molar-refractivity contribution is 6.36. The van der Waals surface area contributed by atoms with Crippen molar-refractivity contribution in [1.82, 2.24) is 10.4 Å². The Morgan fingerprint density at radius 1 is 1.09 bits per heavy atom. The second-order valence-electron chi connectivity index (χ2n) is 6.46. The van der Waals surface area contributed by atoms with Crippen LogP contribution in [0.5, 0.6) is 0 Å². The van der Waals surface area contributed by atoms with Gasteiger partial charge in [0.05, 0.1) is 22.4 Å². The molecule has 0 radical (unpaired) electrons. The zero-order chi connectivity index (χ0) is 16.3. The van der Waals surface area contributed by atoms with Crippen LogP contribution in [0, 0.1) is 23.7 Å². The van der Waals surface area contributed by atoms with Gasteiger partial charge in [-0.05, 0) is 49.3 Å². The monoisotopic (exact) mass is 352 g/mol. The van der Waals surface area contributed by atoms with E-state index in [-0.39, 0.29) is 46.1 Å². The highest BCUT2D eigenvalue weighted by atomic mass is 35.5. The number of rotatable bonds is 2. The van der Waals surface area contributed by atoms with Crippen molar-refractivity contribution in [2.45, 2.75) is 19.3 Å². The SMILES string of the molecule is O=C(NN1C(=O)[C@H]2[C@H]3CC[C@@H](C3)[C@@H]2C1=O)c1ccc(Cl)cc1Cl. The van der Waals surface area contributed by atoms with Crippen LogP contribution in [0.4, 0.5) is 0 Å². The molecule has 2 aliphatic carbocycles. The van der Waals surface area contributed by atoms with Gasteiger partial charge in [0, 0.05) is 5.02 Å². The van der Waals surface area contributed by atoms with E-state index in [9.17, 15) is 14.4 Å². The molecule has 3 aliphatic rings. The molecule has 0 unspecified atom stereocenters. The Labute approximate surface area is 142 Å². The summed E-state index contributed by atoms with van der Waals surface area (Å²) >= 11 is 11.8. The molecule has 4 atom stereocenters. The molecule has 23 heavy (non-hydrogen) atoms. The predicted molar refractivity (Wildman–Crippen MR) is 83.6 cm³/mol. The lowest BCUT2D eigenvalue weighted by Crippen LogP contribution is -2.47. The summed E-state index contributed by atoms with van der Waals surface area (Å²) in [6.07, 6.45) is 2.95. The number of hydrazine groups is 1. The number of benzene rings is 1. The minimum atomic E-state index is -0.583. The predicted octanol–water partition coefficient (Wildman–Crippen LogP) is 2.67. The average Bonchev–Trinajstić information content (AvgIpc) is 3.17. The Hall–Kier alpha value is -1.59. The summed E-state index contributed by atoms with van der Waals surface area (Å²) in [5.74, 6) is -1.12. The van der Waals surface area contributed by atoms with Crippen LogP contribution in [-0.4, -0.2) is 22.7 Å². The third-order valence-corrected chi connectivity index (χ3v) is 5.86. The van der Waals surface area contributed by atoms with E-state index in [2.05, 4.69) is 5.43 Å². The Bertz CT molecular complexity index is 708. The topological polar surface area (TPSA) is 66.5 Å². The van der Waals surface area contributed by atoms with E-state index in [4.69, 9.17) is 23.2 Å². The third-order valence-electron chi connectivity index (χ3n) is 5.32. The van der Waals surface area contributed by atoms with Crippen LogP contribution in [0.15, 0.2) is 18.2 Å². The molecule has 5 nitrogen and oxygen atoms in total. The van der Waals surface area contributed by atoms with Crippen molar-refractivity contribution in [1.29, 1.82) is 0 Å². The van der Waals surface area contributed by atoms with Crippen LogP contribution < -0.4 is 5.43 Å². The molecule has 0 spiro atoms. The standard InChI is InChI=1S/C16H14Cl2N2O3/c17-9-3-4-10(11(18)6-9)14(21)19-20-15(22)12-7-1-2-8(5-7)13(12)16(20)23/h3-4,6-8,12-13H,1-2,5H2,(H,19,21)/t7-,8-,12-,13-/m0/s1. The van der Waals surface area contributed by atoms with Gasteiger partial charge in [-0.25, -0.2) is 0 Å². The fraction of sp³-hybridized carbons (Fsp3) is 0.438. The molecule has 4 rings (SSSR count). The van der Waals surface area contributed by atoms with Gasteiger partial charge in [-0.1, -0.05) is 23.2 Å². The number of nitrogens with one attached hydrogen (secondary N) is 1. The second-order valence-corrected chi connectivity index (χ2v) is 7.31. The fourth-order valence-corrected chi connectivity index (χ4v) is 4.85. The molecular formula is C16H14Cl2N2O3. The van der Waals surface area contributed by atoms with E-state index in [1.807, 2.05) is 0 Å². The van der Waals surface area contributed by atoms with E-state index in [1.54, 1.807) is 0 Å². The molecule has 1 aromatic rings. The van der Waals surface area contributed by atoms with Gasteiger partial charge >= 0.3 is 0 Å². The quantitative estimate of drug-likeness (QED) is 0.832. The molecule has 1 aromatic carbocycles. The summed E-state index contributed by atoms with van der Waals surface area (Å²) in [5, 5.41) is 1.48. The van der Waals surface area contributed by atoms with Gasteiger partial charge in [0.1, 0.15) is 0 Å². The van der Waals surface area contributed by atoms with E-state index < -0.39 is 5.91 Å². The van der Waals surface area contributed by atoms with Gasteiger partial charge in [0.25, 0.3) is 17.7 Å². The lowest BCUT2D eigenvalue weighted by molar-refractivity contribution is -0.143. The van der Waals surface area contributed by atoms with Crippen molar-refractivity contribution in [3.63, 3.8) is 0 Å².